The van der Waals surface area contributed by atoms with E-state index >= 15 is 0 Å². The van der Waals surface area contributed by atoms with E-state index in [2.05, 4.69) is 45.7 Å². The minimum atomic E-state index is 0.418. The smallest absolute Gasteiger partial charge is 0.244 e. The maximum absolute atomic E-state index is 5.17. The summed E-state index contributed by atoms with van der Waals surface area (Å²) in [4.78, 5) is 4.50. The molecule has 0 saturated carbocycles. The number of benzene rings is 2. The second-order valence-electron chi connectivity index (χ2n) is 6.23. The molecular formula is C20H23N5O. The summed E-state index contributed by atoms with van der Waals surface area (Å²) in [5.41, 5.74) is 3.38. The van der Waals surface area contributed by atoms with Crippen LogP contribution in [0.2, 0.25) is 0 Å². The van der Waals surface area contributed by atoms with Gasteiger partial charge in [-0.15, -0.1) is 5.10 Å². The fraction of sp³-hybridized carbons (Fsp3) is 0.250. The molecule has 0 aliphatic carbocycles. The van der Waals surface area contributed by atoms with Crippen LogP contribution in [-0.4, -0.2) is 22.3 Å². The molecule has 26 heavy (non-hydrogen) atoms. The molecule has 1 heterocycles. The Balaban J connectivity index is 1.68. The largest absolute Gasteiger partial charge is 0.497 e. The third kappa shape index (κ3) is 4.47. The zero-order chi connectivity index (χ0) is 18.4. The van der Waals surface area contributed by atoms with Gasteiger partial charge in [-0.05, 0) is 35.2 Å². The van der Waals surface area contributed by atoms with E-state index < -0.39 is 0 Å². The Morgan fingerprint density at radius 3 is 2.54 bits per heavy atom. The summed E-state index contributed by atoms with van der Waals surface area (Å²) in [5.74, 6) is 2.39. The Kier molecular flexibility index (Phi) is 5.63. The lowest BCUT2D eigenvalue weighted by atomic mass is 10.0. The van der Waals surface area contributed by atoms with E-state index in [1.165, 1.54) is 5.56 Å². The SMILES string of the molecule is COc1ccc(CNc2nncc(Nc3ccccc3C(C)C)n2)cc1. The maximum atomic E-state index is 5.17. The highest BCUT2D eigenvalue weighted by Crippen LogP contribution is 2.26. The minimum absolute atomic E-state index is 0.418. The number of rotatable bonds is 7. The Hall–Kier alpha value is -3.15. The second kappa shape index (κ2) is 8.29. The van der Waals surface area contributed by atoms with Gasteiger partial charge in [0.2, 0.25) is 5.95 Å². The number of nitrogens with zero attached hydrogens (tertiary/aromatic N) is 3. The molecule has 0 radical (unpaired) electrons. The van der Waals surface area contributed by atoms with Gasteiger partial charge in [0.05, 0.1) is 13.3 Å². The van der Waals surface area contributed by atoms with E-state index in [1.54, 1.807) is 13.3 Å². The van der Waals surface area contributed by atoms with E-state index in [-0.39, 0.29) is 0 Å². The van der Waals surface area contributed by atoms with Crippen molar-refractivity contribution >= 4 is 17.5 Å². The standard InChI is InChI=1S/C20H23N5O/c1-14(2)17-6-4-5-7-18(17)23-19-13-22-25-20(24-19)21-12-15-8-10-16(26-3)11-9-15/h4-11,13-14H,12H2,1-3H3,(H2,21,23,24,25). The Bertz CT molecular complexity index is 849. The predicted molar refractivity (Wildman–Crippen MR) is 104 cm³/mol. The zero-order valence-electron chi connectivity index (χ0n) is 15.2. The highest BCUT2D eigenvalue weighted by molar-refractivity contribution is 5.61. The lowest BCUT2D eigenvalue weighted by molar-refractivity contribution is 0.414. The van der Waals surface area contributed by atoms with E-state index in [4.69, 9.17) is 4.74 Å². The topological polar surface area (TPSA) is 72.0 Å². The van der Waals surface area contributed by atoms with E-state index in [1.807, 2.05) is 42.5 Å². The van der Waals surface area contributed by atoms with Gasteiger partial charge in [-0.25, -0.2) is 0 Å². The molecule has 0 spiro atoms. The summed E-state index contributed by atoms with van der Waals surface area (Å²) in [6.07, 6.45) is 1.62. The molecular weight excluding hydrogens is 326 g/mol. The minimum Gasteiger partial charge on any atom is -0.497 e. The van der Waals surface area contributed by atoms with Crippen LogP contribution in [0.25, 0.3) is 0 Å². The average Bonchev–Trinajstić information content (AvgIpc) is 2.67. The van der Waals surface area contributed by atoms with Gasteiger partial charge in [0.15, 0.2) is 5.82 Å². The monoisotopic (exact) mass is 349 g/mol. The summed E-state index contributed by atoms with van der Waals surface area (Å²) >= 11 is 0. The van der Waals surface area contributed by atoms with Gasteiger partial charge in [0.25, 0.3) is 0 Å². The molecule has 0 amide bonds. The van der Waals surface area contributed by atoms with Crippen LogP contribution < -0.4 is 15.4 Å². The maximum Gasteiger partial charge on any atom is 0.244 e. The zero-order valence-corrected chi connectivity index (χ0v) is 15.2. The van der Waals surface area contributed by atoms with E-state index in [9.17, 15) is 0 Å². The Labute approximate surface area is 153 Å². The van der Waals surface area contributed by atoms with Crippen LogP contribution in [0.5, 0.6) is 5.75 Å². The predicted octanol–water partition coefficient (Wildman–Crippen LogP) is 4.36. The number of hydrogen-bond donors (Lipinski definition) is 2. The van der Waals surface area contributed by atoms with Gasteiger partial charge in [-0.1, -0.05) is 44.2 Å². The Morgan fingerprint density at radius 2 is 1.81 bits per heavy atom. The first-order valence-electron chi connectivity index (χ1n) is 8.58. The number of aromatic nitrogens is 3. The number of nitrogens with one attached hydrogen (secondary N) is 2. The molecule has 2 aromatic carbocycles. The van der Waals surface area contributed by atoms with Crippen LogP contribution in [0.3, 0.4) is 0 Å². The first kappa shape index (κ1) is 17.7. The fourth-order valence-corrected chi connectivity index (χ4v) is 2.62. The molecule has 0 aliphatic heterocycles. The first-order chi connectivity index (χ1) is 12.7. The molecule has 3 rings (SSSR count). The number of anilines is 3. The second-order valence-corrected chi connectivity index (χ2v) is 6.23. The number of ether oxygens (including phenoxy) is 1. The average molecular weight is 349 g/mol. The molecule has 0 aliphatic rings. The summed E-state index contributed by atoms with van der Waals surface area (Å²) in [6, 6.07) is 16.1. The van der Waals surface area contributed by atoms with E-state index in [0.717, 1.165) is 17.0 Å². The molecule has 0 saturated heterocycles. The molecule has 134 valence electrons. The molecule has 1 aromatic heterocycles. The lowest BCUT2D eigenvalue weighted by Crippen LogP contribution is -2.07. The quantitative estimate of drug-likeness (QED) is 0.660. The third-order valence-corrected chi connectivity index (χ3v) is 4.01. The first-order valence-corrected chi connectivity index (χ1v) is 8.58. The molecule has 0 atom stereocenters. The van der Waals surface area contributed by atoms with Gasteiger partial charge in [-0.3, -0.25) is 0 Å². The van der Waals surface area contributed by atoms with Crippen LogP contribution >= 0.6 is 0 Å². The van der Waals surface area contributed by atoms with Crippen LogP contribution in [0.15, 0.2) is 54.7 Å². The molecule has 6 nitrogen and oxygen atoms in total. The molecule has 2 N–H and O–H groups in total. The van der Waals surface area contributed by atoms with Gasteiger partial charge < -0.3 is 15.4 Å². The highest BCUT2D eigenvalue weighted by Gasteiger charge is 2.07. The van der Waals surface area contributed by atoms with Crippen molar-refractivity contribution in [2.75, 3.05) is 17.7 Å². The normalized spacial score (nSPS) is 10.6. The Morgan fingerprint density at radius 1 is 1.04 bits per heavy atom. The van der Waals surface area contributed by atoms with Crippen LogP contribution in [-0.2, 0) is 6.54 Å². The summed E-state index contributed by atoms with van der Waals surface area (Å²) < 4.78 is 5.17. The summed E-state index contributed by atoms with van der Waals surface area (Å²) in [6.45, 7) is 4.94. The molecule has 0 fully saturated rings. The van der Waals surface area contributed by atoms with Crippen molar-refractivity contribution in [2.45, 2.75) is 26.3 Å². The van der Waals surface area contributed by atoms with E-state index in [0.29, 0.717) is 24.2 Å². The van der Waals surface area contributed by atoms with Gasteiger partial charge in [0.1, 0.15) is 5.75 Å². The molecule has 6 heteroatoms. The van der Waals surface area contributed by atoms with Gasteiger partial charge >= 0.3 is 0 Å². The van der Waals surface area contributed by atoms with Crippen molar-refractivity contribution in [2.24, 2.45) is 0 Å². The van der Waals surface area contributed by atoms with Crippen molar-refractivity contribution < 1.29 is 4.74 Å². The third-order valence-electron chi connectivity index (χ3n) is 4.01. The van der Waals surface area contributed by atoms with Crippen LogP contribution in [0, 0.1) is 0 Å². The highest BCUT2D eigenvalue weighted by atomic mass is 16.5. The molecule has 0 bridgehead atoms. The van der Waals surface area contributed by atoms with Crippen molar-refractivity contribution in [3.05, 3.63) is 65.9 Å². The van der Waals surface area contributed by atoms with Crippen molar-refractivity contribution in [1.29, 1.82) is 0 Å². The van der Waals surface area contributed by atoms with Crippen molar-refractivity contribution in [1.82, 2.24) is 15.2 Å². The van der Waals surface area contributed by atoms with Gasteiger partial charge in [-0.2, -0.15) is 10.1 Å². The molecule has 3 aromatic rings. The summed E-state index contributed by atoms with van der Waals surface area (Å²) in [7, 11) is 1.66. The summed E-state index contributed by atoms with van der Waals surface area (Å²) in [5, 5.41) is 14.6. The van der Waals surface area contributed by atoms with Crippen LogP contribution in [0.1, 0.15) is 30.9 Å². The van der Waals surface area contributed by atoms with Crippen molar-refractivity contribution in [3.8, 4) is 5.75 Å². The van der Waals surface area contributed by atoms with Crippen molar-refractivity contribution in [3.63, 3.8) is 0 Å². The number of methoxy groups -OCH3 is 1. The van der Waals surface area contributed by atoms with Gasteiger partial charge in [0, 0.05) is 12.2 Å². The number of hydrogen-bond acceptors (Lipinski definition) is 6. The number of para-hydroxylation sites is 1. The molecule has 0 unspecified atom stereocenters. The fourth-order valence-electron chi connectivity index (χ4n) is 2.62. The lowest BCUT2D eigenvalue weighted by Gasteiger charge is -2.14. The van der Waals surface area contributed by atoms with Crippen LogP contribution in [0.4, 0.5) is 17.5 Å².